The number of nitrogens with zero attached hydrogens (tertiary/aromatic N) is 4. The lowest BCUT2D eigenvalue weighted by Gasteiger charge is -2.12. The zero-order valence-corrected chi connectivity index (χ0v) is 28.4. The molecule has 0 aliphatic carbocycles. The molecule has 53 heavy (non-hydrogen) atoms. The summed E-state index contributed by atoms with van der Waals surface area (Å²) < 4.78 is 11.1. The van der Waals surface area contributed by atoms with Gasteiger partial charge in [-0.1, -0.05) is 115 Å². The van der Waals surface area contributed by atoms with Crippen molar-refractivity contribution in [1.82, 2.24) is 19.1 Å². The molecule has 0 N–H and O–H groups in total. The number of furan rings is 1. The molecule has 0 amide bonds. The number of fused-ring (bicyclic) bond motifs is 13. The molecule has 0 atom stereocenters. The minimum atomic E-state index is 0.642. The number of aromatic nitrogens is 4. The molecule has 0 aliphatic rings. The number of hydrogen-bond donors (Lipinski definition) is 0. The standard InChI is InChI=1S/C48H28N4O/c1-2-14-32(15-3-1)51-46-33(34-25-27-42-44(47(34)51)37-18-8-11-21-41(37)53-42)24-26-40-43(46)36-17-7-10-20-39(36)52(40)48-49-38-19-9-6-16-35(38)45(50-48)31-23-22-29-12-4-5-13-30(29)28-31/h1-28H. The van der Waals surface area contributed by atoms with Crippen molar-refractivity contribution in [3.8, 4) is 22.9 Å². The van der Waals surface area contributed by atoms with Crippen LogP contribution >= 0.6 is 0 Å². The summed E-state index contributed by atoms with van der Waals surface area (Å²) in [5, 5.41) is 10.3. The first-order valence-electron chi connectivity index (χ1n) is 17.9. The van der Waals surface area contributed by atoms with Gasteiger partial charge >= 0.3 is 0 Å². The molecule has 5 heteroatoms. The van der Waals surface area contributed by atoms with E-state index in [1.807, 2.05) is 6.07 Å². The van der Waals surface area contributed by atoms with Gasteiger partial charge < -0.3 is 8.98 Å². The first-order chi connectivity index (χ1) is 26.3. The van der Waals surface area contributed by atoms with Crippen LogP contribution in [0.5, 0.6) is 0 Å². The Labute approximate surface area is 302 Å². The monoisotopic (exact) mass is 676 g/mol. The van der Waals surface area contributed by atoms with Crippen LogP contribution in [0.4, 0.5) is 0 Å². The van der Waals surface area contributed by atoms with Gasteiger partial charge in [0.05, 0.1) is 38.7 Å². The highest BCUT2D eigenvalue weighted by Crippen LogP contribution is 2.45. The fourth-order valence-electron chi connectivity index (χ4n) is 8.62. The number of para-hydroxylation sites is 4. The van der Waals surface area contributed by atoms with E-state index in [0.717, 1.165) is 82.6 Å². The van der Waals surface area contributed by atoms with Crippen molar-refractivity contribution in [3.05, 3.63) is 170 Å². The zero-order valence-electron chi connectivity index (χ0n) is 28.4. The maximum Gasteiger partial charge on any atom is 0.235 e. The van der Waals surface area contributed by atoms with Gasteiger partial charge in [0.25, 0.3) is 0 Å². The van der Waals surface area contributed by atoms with Crippen molar-refractivity contribution in [1.29, 1.82) is 0 Å². The second-order valence-corrected chi connectivity index (χ2v) is 13.8. The third kappa shape index (κ3) is 3.96. The Morgan fingerprint density at radius 3 is 2.00 bits per heavy atom. The van der Waals surface area contributed by atoms with Crippen LogP contribution in [-0.4, -0.2) is 19.1 Å². The summed E-state index contributed by atoms with van der Waals surface area (Å²) in [7, 11) is 0. The van der Waals surface area contributed by atoms with Gasteiger partial charge in [-0.2, -0.15) is 0 Å². The summed E-state index contributed by atoms with van der Waals surface area (Å²) in [5.41, 5.74) is 10.1. The summed E-state index contributed by atoms with van der Waals surface area (Å²) in [4.78, 5) is 10.7. The molecule has 4 heterocycles. The molecular weight excluding hydrogens is 649 g/mol. The van der Waals surface area contributed by atoms with Gasteiger partial charge in [-0.3, -0.25) is 4.57 Å². The Bertz CT molecular complexity index is 3460. The Balaban J connectivity index is 1.24. The Kier molecular flexibility index (Phi) is 5.71. The number of hydrogen-bond acceptors (Lipinski definition) is 3. The zero-order chi connectivity index (χ0) is 34.6. The minimum absolute atomic E-state index is 0.642. The van der Waals surface area contributed by atoms with Gasteiger partial charge in [-0.05, 0) is 65.4 Å². The van der Waals surface area contributed by atoms with E-state index in [2.05, 4.69) is 173 Å². The van der Waals surface area contributed by atoms with Crippen LogP contribution in [0.2, 0.25) is 0 Å². The smallest absolute Gasteiger partial charge is 0.235 e. The van der Waals surface area contributed by atoms with E-state index in [0.29, 0.717) is 5.95 Å². The minimum Gasteiger partial charge on any atom is -0.456 e. The van der Waals surface area contributed by atoms with E-state index in [1.54, 1.807) is 0 Å². The first-order valence-corrected chi connectivity index (χ1v) is 17.9. The van der Waals surface area contributed by atoms with Crippen molar-refractivity contribution in [3.63, 3.8) is 0 Å². The lowest BCUT2D eigenvalue weighted by Crippen LogP contribution is -2.03. The molecule has 0 saturated carbocycles. The van der Waals surface area contributed by atoms with Crippen molar-refractivity contribution in [2.75, 3.05) is 0 Å². The van der Waals surface area contributed by atoms with Gasteiger partial charge in [-0.15, -0.1) is 0 Å². The normalized spacial score (nSPS) is 12.2. The maximum absolute atomic E-state index is 6.44. The van der Waals surface area contributed by atoms with Gasteiger partial charge in [0.1, 0.15) is 11.2 Å². The fraction of sp³-hybridized carbons (Fsp3) is 0. The molecule has 8 aromatic carbocycles. The highest BCUT2D eigenvalue weighted by molar-refractivity contribution is 6.30. The summed E-state index contributed by atoms with van der Waals surface area (Å²) in [5.74, 6) is 0.642. The second kappa shape index (κ2) is 10.6. The van der Waals surface area contributed by atoms with Crippen LogP contribution in [0, 0.1) is 0 Å². The molecule has 4 aromatic heterocycles. The highest BCUT2D eigenvalue weighted by atomic mass is 16.3. The van der Waals surface area contributed by atoms with E-state index in [-0.39, 0.29) is 0 Å². The predicted molar refractivity (Wildman–Crippen MR) is 218 cm³/mol. The molecule has 12 rings (SSSR count). The van der Waals surface area contributed by atoms with Crippen LogP contribution < -0.4 is 0 Å². The summed E-state index contributed by atoms with van der Waals surface area (Å²) >= 11 is 0. The fourth-order valence-corrected chi connectivity index (χ4v) is 8.62. The quantitative estimate of drug-likeness (QED) is 0.187. The van der Waals surface area contributed by atoms with Crippen molar-refractivity contribution in [2.24, 2.45) is 0 Å². The summed E-state index contributed by atoms with van der Waals surface area (Å²) in [6.45, 7) is 0. The Hall–Kier alpha value is -7.24. The molecule has 0 unspecified atom stereocenters. The summed E-state index contributed by atoms with van der Waals surface area (Å²) in [6, 6.07) is 59.9. The van der Waals surface area contributed by atoms with Crippen molar-refractivity contribution < 1.29 is 4.42 Å². The van der Waals surface area contributed by atoms with Gasteiger partial charge in [0, 0.05) is 43.6 Å². The predicted octanol–water partition coefficient (Wildman–Crippen LogP) is 12.5. The van der Waals surface area contributed by atoms with Crippen LogP contribution in [-0.2, 0) is 0 Å². The van der Waals surface area contributed by atoms with Gasteiger partial charge in [0.2, 0.25) is 5.95 Å². The van der Waals surface area contributed by atoms with Crippen LogP contribution in [0.25, 0.3) is 110 Å². The molecule has 5 nitrogen and oxygen atoms in total. The average Bonchev–Trinajstić information content (AvgIpc) is 3.88. The van der Waals surface area contributed by atoms with Gasteiger partial charge in [-0.25, -0.2) is 9.97 Å². The molecule has 0 aliphatic heterocycles. The molecular formula is C48H28N4O. The maximum atomic E-state index is 6.44. The third-order valence-corrected chi connectivity index (χ3v) is 10.9. The van der Waals surface area contributed by atoms with E-state index >= 15 is 0 Å². The van der Waals surface area contributed by atoms with E-state index in [9.17, 15) is 0 Å². The molecule has 246 valence electrons. The molecule has 0 saturated heterocycles. The molecule has 0 spiro atoms. The lowest BCUT2D eigenvalue weighted by atomic mass is 10.0. The number of benzene rings is 8. The SMILES string of the molecule is c1ccc(-n2c3c(ccc4oc5ccccc5c43)c3ccc4c(c5ccccc5n4-c4nc(-c5ccc6ccccc6c5)c5ccccc5n4)c32)cc1. The highest BCUT2D eigenvalue weighted by Gasteiger charge is 2.24. The topological polar surface area (TPSA) is 48.8 Å². The average molecular weight is 677 g/mol. The molecule has 0 bridgehead atoms. The Morgan fingerprint density at radius 2 is 1.11 bits per heavy atom. The lowest BCUT2D eigenvalue weighted by molar-refractivity contribution is 0.669. The molecule has 0 radical (unpaired) electrons. The number of rotatable bonds is 3. The van der Waals surface area contributed by atoms with Crippen molar-refractivity contribution >= 4 is 87.2 Å². The third-order valence-electron chi connectivity index (χ3n) is 10.9. The second-order valence-electron chi connectivity index (χ2n) is 13.8. The largest absolute Gasteiger partial charge is 0.456 e. The molecule has 0 fully saturated rings. The van der Waals surface area contributed by atoms with E-state index in [1.165, 1.54) is 21.5 Å². The van der Waals surface area contributed by atoms with Crippen molar-refractivity contribution in [2.45, 2.75) is 0 Å². The van der Waals surface area contributed by atoms with E-state index < -0.39 is 0 Å². The van der Waals surface area contributed by atoms with Crippen LogP contribution in [0.3, 0.4) is 0 Å². The van der Waals surface area contributed by atoms with Crippen LogP contribution in [0.15, 0.2) is 174 Å². The molecule has 12 aromatic rings. The Morgan fingerprint density at radius 1 is 0.415 bits per heavy atom. The van der Waals surface area contributed by atoms with Gasteiger partial charge in [0.15, 0.2) is 0 Å². The van der Waals surface area contributed by atoms with Crippen LogP contribution in [0.1, 0.15) is 0 Å². The van der Waals surface area contributed by atoms with E-state index in [4.69, 9.17) is 14.4 Å². The summed E-state index contributed by atoms with van der Waals surface area (Å²) in [6.07, 6.45) is 0. The first kappa shape index (κ1) is 28.5.